The first kappa shape index (κ1) is 12.9. The summed E-state index contributed by atoms with van der Waals surface area (Å²) in [6, 6.07) is 5.47. The number of hydroxylamine groups is 1. The molecule has 1 aliphatic rings. The molecule has 2 rings (SSSR count). The number of ether oxygens (including phenoxy) is 1. The summed E-state index contributed by atoms with van der Waals surface area (Å²) in [4.78, 5) is 11.3. The van der Waals surface area contributed by atoms with Crippen LogP contribution < -0.4 is 15.5 Å². The Morgan fingerprint density at radius 3 is 3.00 bits per heavy atom. The van der Waals surface area contributed by atoms with Crippen molar-refractivity contribution < 1.29 is 14.7 Å². The van der Waals surface area contributed by atoms with Gasteiger partial charge in [0.15, 0.2) is 0 Å². The van der Waals surface area contributed by atoms with Crippen molar-refractivity contribution in [3.63, 3.8) is 0 Å². The fourth-order valence-electron chi connectivity index (χ4n) is 1.95. The van der Waals surface area contributed by atoms with E-state index < -0.39 is 5.91 Å². The molecule has 0 spiro atoms. The van der Waals surface area contributed by atoms with E-state index in [4.69, 9.17) is 9.94 Å². The highest BCUT2D eigenvalue weighted by atomic mass is 16.5. The minimum absolute atomic E-state index is 0.299. The molecule has 5 heteroatoms. The minimum Gasteiger partial charge on any atom is -0.492 e. The van der Waals surface area contributed by atoms with Crippen LogP contribution in [-0.4, -0.2) is 23.8 Å². The molecule has 1 aliphatic heterocycles. The third kappa shape index (κ3) is 2.63. The van der Waals surface area contributed by atoms with Gasteiger partial charge in [0.05, 0.1) is 0 Å². The van der Waals surface area contributed by atoms with Crippen molar-refractivity contribution in [2.45, 2.75) is 26.4 Å². The average molecular weight is 250 g/mol. The van der Waals surface area contributed by atoms with Gasteiger partial charge >= 0.3 is 0 Å². The number of rotatable bonds is 2. The summed E-state index contributed by atoms with van der Waals surface area (Å²) in [6.45, 7) is 5.58. The predicted octanol–water partition coefficient (Wildman–Crippen LogP) is 1.31. The molecule has 1 atom stereocenters. The van der Waals surface area contributed by atoms with Crippen molar-refractivity contribution in [1.29, 1.82) is 0 Å². The first-order valence-corrected chi connectivity index (χ1v) is 6.05. The lowest BCUT2D eigenvalue weighted by atomic mass is 10.1. The van der Waals surface area contributed by atoms with Crippen LogP contribution >= 0.6 is 0 Å². The van der Waals surface area contributed by atoms with Gasteiger partial charge < -0.3 is 10.1 Å². The Morgan fingerprint density at radius 1 is 1.56 bits per heavy atom. The molecule has 1 amide bonds. The van der Waals surface area contributed by atoms with Gasteiger partial charge in [-0.15, -0.1) is 0 Å². The van der Waals surface area contributed by atoms with Gasteiger partial charge in [-0.3, -0.25) is 10.0 Å². The molecule has 0 saturated heterocycles. The molecule has 1 heterocycles. The van der Waals surface area contributed by atoms with Crippen LogP contribution in [0.2, 0.25) is 0 Å². The Balaban J connectivity index is 2.20. The number of carbonyl (C=O) groups excluding carboxylic acids is 1. The molecule has 0 aliphatic carbocycles. The predicted molar refractivity (Wildman–Crippen MR) is 66.7 cm³/mol. The first-order valence-electron chi connectivity index (χ1n) is 6.05. The third-order valence-electron chi connectivity index (χ3n) is 3.21. The fourth-order valence-corrected chi connectivity index (χ4v) is 1.95. The van der Waals surface area contributed by atoms with Crippen LogP contribution in [0.15, 0.2) is 18.2 Å². The maximum absolute atomic E-state index is 11.3. The zero-order valence-electron chi connectivity index (χ0n) is 10.6. The second-order valence-corrected chi connectivity index (χ2v) is 4.81. The van der Waals surface area contributed by atoms with Crippen molar-refractivity contribution in [3.05, 3.63) is 29.3 Å². The molecule has 5 nitrogen and oxygen atoms in total. The van der Waals surface area contributed by atoms with E-state index in [9.17, 15) is 4.79 Å². The average Bonchev–Trinajstić information content (AvgIpc) is 2.59. The maximum Gasteiger partial charge on any atom is 0.274 e. The third-order valence-corrected chi connectivity index (χ3v) is 3.21. The van der Waals surface area contributed by atoms with Crippen LogP contribution in [0.5, 0.6) is 5.75 Å². The summed E-state index contributed by atoms with van der Waals surface area (Å²) in [7, 11) is 0. The molecular weight excluding hydrogens is 232 g/mol. The highest BCUT2D eigenvalue weighted by Gasteiger charge is 2.20. The summed E-state index contributed by atoms with van der Waals surface area (Å²) in [6.07, 6.45) is 0. The van der Waals surface area contributed by atoms with Crippen LogP contribution in [-0.2, 0) is 6.54 Å². The van der Waals surface area contributed by atoms with Gasteiger partial charge in [0.1, 0.15) is 12.4 Å². The lowest BCUT2D eigenvalue weighted by molar-refractivity contribution is 0.0706. The molecule has 0 aromatic heterocycles. The Kier molecular flexibility index (Phi) is 3.84. The molecule has 0 bridgehead atoms. The molecule has 3 N–H and O–H groups in total. The van der Waals surface area contributed by atoms with E-state index in [-0.39, 0.29) is 0 Å². The van der Waals surface area contributed by atoms with Gasteiger partial charge in [-0.1, -0.05) is 19.9 Å². The highest BCUT2D eigenvalue weighted by molar-refractivity contribution is 5.93. The Morgan fingerprint density at radius 2 is 2.33 bits per heavy atom. The van der Waals surface area contributed by atoms with E-state index in [1.54, 1.807) is 17.6 Å². The van der Waals surface area contributed by atoms with Crippen LogP contribution in [0.4, 0.5) is 0 Å². The summed E-state index contributed by atoms with van der Waals surface area (Å²) < 4.78 is 5.73. The SMILES string of the molecule is CC(C)[C@@H]1COc2cc(C(=O)NO)ccc2CN1. The van der Waals surface area contributed by atoms with Gasteiger partial charge in [-0.05, 0) is 18.1 Å². The van der Waals surface area contributed by atoms with Gasteiger partial charge in [0, 0.05) is 23.7 Å². The lowest BCUT2D eigenvalue weighted by Gasteiger charge is -2.18. The molecular formula is C13H18N2O3. The Labute approximate surface area is 106 Å². The topological polar surface area (TPSA) is 70.6 Å². The smallest absolute Gasteiger partial charge is 0.274 e. The molecule has 0 fully saturated rings. The molecule has 0 radical (unpaired) electrons. The number of benzene rings is 1. The van der Waals surface area contributed by atoms with E-state index in [1.165, 1.54) is 0 Å². The largest absolute Gasteiger partial charge is 0.492 e. The summed E-state index contributed by atoms with van der Waals surface area (Å²) in [5.41, 5.74) is 3.03. The van der Waals surface area contributed by atoms with Crippen molar-refractivity contribution >= 4 is 5.91 Å². The van der Waals surface area contributed by atoms with Crippen LogP contribution in [0, 0.1) is 5.92 Å². The summed E-state index contributed by atoms with van der Waals surface area (Å²) in [5.74, 6) is 0.658. The second-order valence-electron chi connectivity index (χ2n) is 4.81. The Bertz CT molecular complexity index is 446. The van der Waals surface area contributed by atoms with Crippen LogP contribution in [0.25, 0.3) is 0 Å². The van der Waals surface area contributed by atoms with E-state index in [0.29, 0.717) is 29.9 Å². The van der Waals surface area contributed by atoms with Gasteiger partial charge in [-0.25, -0.2) is 5.48 Å². The van der Waals surface area contributed by atoms with Crippen molar-refractivity contribution in [2.75, 3.05) is 6.61 Å². The zero-order chi connectivity index (χ0) is 13.1. The second kappa shape index (κ2) is 5.37. The number of amides is 1. The molecule has 0 saturated carbocycles. The lowest BCUT2D eigenvalue weighted by Crippen LogP contribution is -2.36. The molecule has 1 aromatic carbocycles. The van der Waals surface area contributed by atoms with Crippen molar-refractivity contribution in [2.24, 2.45) is 5.92 Å². The number of carbonyl (C=O) groups is 1. The van der Waals surface area contributed by atoms with E-state index in [0.717, 1.165) is 12.1 Å². The van der Waals surface area contributed by atoms with Gasteiger partial charge in [0.2, 0.25) is 0 Å². The molecule has 18 heavy (non-hydrogen) atoms. The van der Waals surface area contributed by atoms with Gasteiger partial charge in [-0.2, -0.15) is 0 Å². The number of fused-ring (bicyclic) bond motifs is 1. The number of hydrogen-bond acceptors (Lipinski definition) is 4. The summed E-state index contributed by atoms with van der Waals surface area (Å²) >= 11 is 0. The van der Waals surface area contributed by atoms with E-state index in [1.807, 2.05) is 6.07 Å². The molecule has 1 aromatic rings. The number of nitrogens with one attached hydrogen (secondary N) is 2. The quantitative estimate of drug-likeness (QED) is 0.547. The van der Waals surface area contributed by atoms with E-state index >= 15 is 0 Å². The zero-order valence-corrected chi connectivity index (χ0v) is 10.6. The molecule has 98 valence electrons. The van der Waals surface area contributed by atoms with Crippen LogP contribution in [0.3, 0.4) is 0 Å². The van der Waals surface area contributed by atoms with Crippen molar-refractivity contribution in [3.8, 4) is 5.75 Å². The normalized spacial score (nSPS) is 18.8. The van der Waals surface area contributed by atoms with E-state index in [2.05, 4.69) is 19.2 Å². The van der Waals surface area contributed by atoms with Crippen molar-refractivity contribution in [1.82, 2.24) is 10.8 Å². The first-order chi connectivity index (χ1) is 8.61. The molecule has 0 unspecified atom stereocenters. The summed E-state index contributed by atoms with van der Waals surface area (Å²) in [5, 5.41) is 12.0. The minimum atomic E-state index is -0.529. The van der Waals surface area contributed by atoms with Gasteiger partial charge in [0.25, 0.3) is 5.91 Å². The van der Waals surface area contributed by atoms with Crippen LogP contribution in [0.1, 0.15) is 29.8 Å². The number of hydrogen-bond donors (Lipinski definition) is 3. The Hall–Kier alpha value is -1.59. The fraction of sp³-hybridized carbons (Fsp3) is 0.462. The standard InChI is InChI=1S/C13H18N2O3/c1-8(2)11-7-18-12-5-9(13(16)15-17)3-4-10(12)6-14-11/h3-5,8,11,14,17H,6-7H2,1-2H3,(H,15,16)/t11-/m0/s1. The maximum atomic E-state index is 11.3. The highest BCUT2D eigenvalue weighted by Crippen LogP contribution is 2.24. The monoisotopic (exact) mass is 250 g/mol.